The molecule has 0 spiro atoms. The molecule has 0 aliphatic heterocycles. The van der Waals surface area contributed by atoms with Crippen LogP contribution in [0, 0.1) is 6.92 Å². The molecule has 0 radical (unpaired) electrons. The third-order valence-corrected chi connectivity index (χ3v) is 5.74. The van der Waals surface area contributed by atoms with E-state index in [-0.39, 0.29) is 17.1 Å². The lowest BCUT2D eigenvalue weighted by Gasteiger charge is -2.11. The van der Waals surface area contributed by atoms with Crippen molar-refractivity contribution in [3.8, 4) is 11.5 Å². The van der Waals surface area contributed by atoms with Gasteiger partial charge < -0.3 is 14.6 Å². The zero-order valence-electron chi connectivity index (χ0n) is 17.5. The van der Waals surface area contributed by atoms with Gasteiger partial charge in [-0.05, 0) is 60.5 Å². The molecule has 0 aromatic heterocycles. The average molecular weight is 455 g/mol. The molecule has 0 saturated carbocycles. The van der Waals surface area contributed by atoms with Gasteiger partial charge in [0.1, 0.15) is 6.61 Å². The third kappa shape index (κ3) is 5.86. The van der Waals surface area contributed by atoms with Crippen LogP contribution >= 0.6 is 0 Å². The minimum Gasteiger partial charge on any atom is -0.493 e. The SMILES string of the molecule is COc1cc(C=NNS(=O)(=O)c2ccc(C)cc2)ccc1OCc1ccc(C(=O)O)cc1. The molecule has 166 valence electrons. The van der Waals surface area contributed by atoms with Crippen molar-refractivity contribution >= 4 is 22.2 Å². The lowest BCUT2D eigenvalue weighted by Crippen LogP contribution is -2.18. The van der Waals surface area contributed by atoms with E-state index in [1.165, 1.54) is 37.6 Å². The molecule has 0 amide bonds. The number of rotatable bonds is 9. The molecular formula is C23H22N2O6S. The van der Waals surface area contributed by atoms with Gasteiger partial charge in [0, 0.05) is 0 Å². The van der Waals surface area contributed by atoms with Crippen molar-refractivity contribution in [3.05, 3.63) is 89.0 Å². The van der Waals surface area contributed by atoms with Crippen molar-refractivity contribution in [2.75, 3.05) is 7.11 Å². The van der Waals surface area contributed by atoms with Crippen LogP contribution in [0.1, 0.15) is 27.0 Å². The zero-order chi connectivity index (χ0) is 23.1. The first-order valence-electron chi connectivity index (χ1n) is 9.53. The summed E-state index contributed by atoms with van der Waals surface area (Å²) in [6.45, 7) is 2.10. The molecule has 8 nitrogen and oxygen atoms in total. The normalized spacial score (nSPS) is 11.3. The van der Waals surface area contributed by atoms with Gasteiger partial charge in [0.05, 0.1) is 23.8 Å². The number of hydrazone groups is 1. The van der Waals surface area contributed by atoms with Crippen LogP contribution in [0.2, 0.25) is 0 Å². The van der Waals surface area contributed by atoms with E-state index in [1.54, 1.807) is 42.5 Å². The zero-order valence-corrected chi connectivity index (χ0v) is 18.3. The lowest BCUT2D eigenvalue weighted by atomic mass is 10.1. The molecule has 2 N–H and O–H groups in total. The van der Waals surface area contributed by atoms with Gasteiger partial charge in [-0.15, -0.1) is 0 Å². The molecule has 0 aliphatic rings. The highest BCUT2D eigenvalue weighted by Crippen LogP contribution is 2.28. The van der Waals surface area contributed by atoms with Gasteiger partial charge in [0.15, 0.2) is 11.5 Å². The Kier molecular flexibility index (Phi) is 7.11. The molecule has 0 aliphatic carbocycles. The van der Waals surface area contributed by atoms with E-state index >= 15 is 0 Å². The van der Waals surface area contributed by atoms with Crippen LogP contribution in [0.3, 0.4) is 0 Å². The predicted molar refractivity (Wildman–Crippen MR) is 120 cm³/mol. The summed E-state index contributed by atoms with van der Waals surface area (Å²) in [5.41, 5.74) is 2.56. The Labute approximate surface area is 186 Å². The van der Waals surface area contributed by atoms with E-state index in [9.17, 15) is 13.2 Å². The van der Waals surface area contributed by atoms with Gasteiger partial charge in [-0.2, -0.15) is 13.5 Å². The highest BCUT2D eigenvalue weighted by Gasteiger charge is 2.12. The predicted octanol–water partition coefficient (Wildman–Crippen LogP) is 3.59. The number of hydrogen-bond acceptors (Lipinski definition) is 6. The third-order valence-electron chi connectivity index (χ3n) is 4.50. The Bertz CT molecular complexity index is 1220. The van der Waals surface area contributed by atoms with Crippen molar-refractivity contribution in [2.24, 2.45) is 5.10 Å². The fourth-order valence-electron chi connectivity index (χ4n) is 2.73. The minimum atomic E-state index is -3.76. The van der Waals surface area contributed by atoms with Gasteiger partial charge >= 0.3 is 5.97 Å². The van der Waals surface area contributed by atoms with Gasteiger partial charge in [0.2, 0.25) is 0 Å². The molecular weight excluding hydrogens is 432 g/mol. The van der Waals surface area contributed by atoms with E-state index in [0.717, 1.165) is 11.1 Å². The molecule has 9 heteroatoms. The van der Waals surface area contributed by atoms with Crippen LogP contribution in [-0.2, 0) is 16.6 Å². The number of sulfonamides is 1. The summed E-state index contributed by atoms with van der Waals surface area (Å²) in [6.07, 6.45) is 1.36. The Balaban J connectivity index is 1.65. The van der Waals surface area contributed by atoms with Crippen molar-refractivity contribution in [2.45, 2.75) is 18.4 Å². The number of carboxylic acid groups (broad SMARTS) is 1. The van der Waals surface area contributed by atoms with Crippen LogP contribution < -0.4 is 14.3 Å². The van der Waals surface area contributed by atoms with E-state index in [4.69, 9.17) is 14.6 Å². The number of aromatic carboxylic acids is 1. The van der Waals surface area contributed by atoms with Gasteiger partial charge in [-0.25, -0.2) is 9.63 Å². The van der Waals surface area contributed by atoms with Crippen LogP contribution in [0.4, 0.5) is 0 Å². The number of benzene rings is 3. The molecule has 0 saturated heterocycles. The van der Waals surface area contributed by atoms with Crippen molar-refractivity contribution < 1.29 is 27.8 Å². The Morgan fingerprint density at radius 2 is 1.72 bits per heavy atom. The maximum atomic E-state index is 12.3. The van der Waals surface area contributed by atoms with E-state index in [1.807, 2.05) is 6.92 Å². The average Bonchev–Trinajstić information content (AvgIpc) is 2.78. The fraction of sp³-hybridized carbons (Fsp3) is 0.130. The number of methoxy groups -OCH3 is 1. The first-order valence-corrected chi connectivity index (χ1v) is 11.0. The van der Waals surface area contributed by atoms with Crippen molar-refractivity contribution in [1.29, 1.82) is 0 Å². The Hall–Kier alpha value is -3.85. The van der Waals surface area contributed by atoms with E-state index < -0.39 is 16.0 Å². The van der Waals surface area contributed by atoms with E-state index in [0.29, 0.717) is 17.1 Å². The molecule has 0 bridgehead atoms. The Morgan fingerprint density at radius 1 is 1.03 bits per heavy atom. The largest absolute Gasteiger partial charge is 0.493 e. The summed E-state index contributed by atoms with van der Waals surface area (Å²) in [5, 5.41) is 12.8. The van der Waals surface area contributed by atoms with Gasteiger partial charge in [-0.3, -0.25) is 0 Å². The molecule has 0 atom stereocenters. The summed E-state index contributed by atoms with van der Waals surface area (Å²) in [7, 11) is -2.27. The highest BCUT2D eigenvalue weighted by molar-refractivity contribution is 7.89. The summed E-state index contributed by atoms with van der Waals surface area (Å²) < 4.78 is 35.7. The van der Waals surface area contributed by atoms with Crippen LogP contribution in [0.25, 0.3) is 0 Å². The molecule has 0 unspecified atom stereocenters. The fourth-order valence-corrected chi connectivity index (χ4v) is 3.52. The second-order valence-corrected chi connectivity index (χ2v) is 8.53. The molecule has 32 heavy (non-hydrogen) atoms. The Morgan fingerprint density at radius 3 is 2.34 bits per heavy atom. The first-order chi connectivity index (χ1) is 15.3. The van der Waals surface area contributed by atoms with Crippen molar-refractivity contribution in [3.63, 3.8) is 0 Å². The number of carboxylic acids is 1. The summed E-state index contributed by atoms with van der Waals surface area (Å²) in [6, 6.07) is 17.9. The second-order valence-electron chi connectivity index (χ2n) is 6.87. The maximum Gasteiger partial charge on any atom is 0.335 e. The van der Waals surface area contributed by atoms with Crippen LogP contribution in [-0.4, -0.2) is 32.8 Å². The van der Waals surface area contributed by atoms with Gasteiger partial charge in [-0.1, -0.05) is 29.8 Å². The number of aryl methyl sites for hydroxylation is 1. The van der Waals surface area contributed by atoms with Crippen molar-refractivity contribution in [1.82, 2.24) is 4.83 Å². The summed E-state index contributed by atoms with van der Waals surface area (Å²) >= 11 is 0. The number of carbonyl (C=O) groups is 1. The van der Waals surface area contributed by atoms with E-state index in [2.05, 4.69) is 9.93 Å². The topological polar surface area (TPSA) is 114 Å². The molecule has 3 rings (SSSR count). The van der Waals surface area contributed by atoms with Crippen LogP contribution in [0.5, 0.6) is 11.5 Å². The quantitative estimate of drug-likeness (QED) is 0.377. The summed E-state index contributed by atoms with van der Waals surface area (Å²) in [4.78, 5) is 13.2. The minimum absolute atomic E-state index is 0.123. The summed E-state index contributed by atoms with van der Waals surface area (Å²) in [5.74, 6) is -0.0674. The second kappa shape index (κ2) is 9.97. The number of hydrogen-bond donors (Lipinski definition) is 2. The monoisotopic (exact) mass is 454 g/mol. The number of ether oxygens (including phenoxy) is 2. The standard InChI is InChI=1S/C23H22N2O6S/c1-16-3-10-20(11-4-16)32(28,29)25-24-14-18-7-12-21(22(13-18)30-2)31-15-17-5-8-19(9-6-17)23(26)27/h3-14,25H,15H2,1-2H3,(H,26,27). The smallest absolute Gasteiger partial charge is 0.335 e. The van der Waals surface area contributed by atoms with Crippen LogP contribution in [0.15, 0.2) is 76.7 Å². The number of nitrogens with one attached hydrogen (secondary N) is 1. The molecule has 0 heterocycles. The van der Waals surface area contributed by atoms with Gasteiger partial charge in [0.25, 0.3) is 10.0 Å². The molecule has 3 aromatic rings. The highest BCUT2D eigenvalue weighted by atomic mass is 32.2. The molecule has 3 aromatic carbocycles. The first kappa shape index (κ1) is 22.8. The molecule has 0 fully saturated rings. The maximum absolute atomic E-state index is 12.3. The number of nitrogens with zero attached hydrogens (tertiary/aromatic N) is 1. The lowest BCUT2D eigenvalue weighted by molar-refractivity contribution is 0.0697.